The number of aryl methyl sites for hydroxylation is 1. The van der Waals surface area contributed by atoms with Gasteiger partial charge in [0.15, 0.2) is 5.72 Å². The van der Waals surface area contributed by atoms with E-state index in [0.29, 0.717) is 13.0 Å². The normalized spacial score (nSPS) is 30.3. The van der Waals surface area contributed by atoms with Crippen LogP contribution in [0.4, 0.5) is 10.5 Å². The minimum Gasteiger partial charge on any atom is -0.465 e. The smallest absolute Gasteiger partial charge is 0.325 e. The number of fused-ring (bicyclic) bond motifs is 4. The van der Waals surface area contributed by atoms with E-state index >= 15 is 0 Å². The lowest BCUT2D eigenvalue weighted by Gasteiger charge is -2.61. The van der Waals surface area contributed by atoms with Gasteiger partial charge in [-0.3, -0.25) is 9.88 Å². The molecule has 7 rings (SSSR count). The maximum absolute atomic E-state index is 13.8. The third-order valence-corrected chi connectivity index (χ3v) is 8.97. The van der Waals surface area contributed by atoms with Crippen LogP contribution in [0.5, 0.6) is 5.75 Å². The number of ether oxygens (including phenoxy) is 2. The maximum Gasteiger partial charge on any atom is 0.325 e. The molecule has 4 aliphatic rings. The van der Waals surface area contributed by atoms with Gasteiger partial charge in [-0.25, -0.2) is 4.79 Å². The van der Waals surface area contributed by atoms with E-state index in [2.05, 4.69) is 65.4 Å². The summed E-state index contributed by atoms with van der Waals surface area (Å²) in [6.45, 7) is 4.78. The first-order valence-electron chi connectivity index (χ1n) is 12.2. The van der Waals surface area contributed by atoms with Crippen molar-refractivity contribution >= 4 is 27.6 Å². The molecule has 2 amide bonds. The number of halogens is 1. The third kappa shape index (κ3) is 2.85. The molecule has 2 bridgehead atoms. The van der Waals surface area contributed by atoms with E-state index in [-0.39, 0.29) is 23.6 Å². The van der Waals surface area contributed by atoms with Crippen LogP contribution in [0, 0.1) is 19.8 Å². The van der Waals surface area contributed by atoms with Crippen LogP contribution in [0.15, 0.2) is 59.2 Å². The first-order chi connectivity index (χ1) is 16.9. The zero-order valence-electron chi connectivity index (χ0n) is 19.7. The highest BCUT2D eigenvalue weighted by atomic mass is 79.9. The van der Waals surface area contributed by atoms with E-state index in [4.69, 9.17) is 14.5 Å². The van der Waals surface area contributed by atoms with Crippen molar-refractivity contribution in [3.05, 3.63) is 87.1 Å². The largest absolute Gasteiger partial charge is 0.465 e. The van der Waals surface area contributed by atoms with E-state index in [1.807, 2.05) is 23.1 Å². The highest BCUT2D eigenvalue weighted by Gasteiger charge is 2.65. The second-order valence-corrected chi connectivity index (χ2v) is 11.1. The molecule has 178 valence electrons. The Kier molecular flexibility index (Phi) is 4.46. The molecule has 6 nitrogen and oxygen atoms in total. The average Bonchev–Trinajstić information content (AvgIpc) is 3.20. The van der Waals surface area contributed by atoms with Crippen molar-refractivity contribution in [2.75, 3.05) is 4.90 Å². The minimum atomic E-state index is -0.826. The van der Waals surface area contributed by atoms with E-state index in [1.165, 1.54) is 11.1 Å². The number of carbonyl (C=O) groups excluding carboxylic acids is 1. The maximum atomic E-state index is 13.8. The van der Waals surface area contributed by atoms with Crippen molar-refractivity contribution in [3.8, 4) is 5.75 Å². The van der Waals surface area contributed by atoms with Gasteiger partial charge in [-0.1, -0.05) is 36.4 Å². The molecule has 0 radical (unpaired) electrons. The highest BCUT2D eigenvalue weighted by Crippen LogP contribution is 2.61. The highest BCUT2D eigenvalue weighted by molar-refractivity contribution is 9.10. The Hall–Kier alpha value is -2.90. The van der Waals surface area contributed by atoms with Gasteiger partial charge in [0, 0.05) is 23.0 Å². The Balaban J connectivity index is 1.42. The lowest BCUT2D eigenvalue weighted by atomic mass is 9.64. The number of anilines is 1. The van der Waals surface area contributed by atoms with Gasteiger partial charge in [0.05, 0.1) is 23.9 Å². The standard InChI is InChI=1S/C28H26BrN3O3/c1-16-6-5-9-22(17(16)2)32-26(33)31-24-21-13-27(20-8-4-3-7-18(20)15-34-27)10-11-28(21,32)35-23-12-19(29)14-30-25(23)24/h3-9,12,14,21,24H,10-11,13,15H2,1-2H3,(H,31,33). The summed E-state index contributed by atoms with van der Waals surface area (Å²) in [4.78, 5) is 20.4. The number of urea groups is 1. The zero-order valence-corrected chi connectivity index (χ0v) is 21.3. The minimum absolute atomic E-state index is 0.0406. The predicted octanol–water partition coefficient (Wildman–Crippen LogP) is 6.05. The van der Waals surface area contributed by atoms with Crippen LogP contribution in [-0.4, -0.2) is 16.7 Å². The van der Waals surface area contributed by atoms with Crippen LogP contribution in [-0.2, 0) is 16.9 Å². The van der Waals surface area contributed by atoms with Crippen LogP contribution in [0.3, 0.4) is 0 Å². The second kappa shape index (κ2) is 7.31. The molecule has 4 heterocycles. The molecule has 3 aliphatic heterocycles. The Bertz CT molecular complexity index is 1390. The quantitative estimate of drug-likeness (QED) is 0.415. The summed E-state index contributed by atoms with van der Waals surface area (Å²) in [5.74, 6) is 0.681. The Morgan fingerprint density at radius 1 is 1.14 bits per heavy atom. The van der Waals surface area contributed by atoms with Crippen molar-refractivity contribution in [3.63, 3.8) is 0 Å². The number of nitrogens with zero attached hydrogens (tertiary/aromatic N) is 2. The molecule has 1 saturated heterocycles. The molecule has 7 heteroatoms. The van der Waals surface area contributed by atoms with Crippen molar-refractivity contribution in [1.82, 2.24) is 10.3 Å². The number of aromatic nitrogens is 1. The number of amides is 2. The summed E-state index contributed by atoms with van der Waals surface area (Å²) in [6.07, 6.45) is 3.96. The van der Waals surface area contributed by atoms with Gasteiger partial charge in [-0.15, -0.1) is 0 Å². The summed E-state index contributed by atoms with van der Waals surface area (Å²) in [5.41, 5.74) is 5.22. The van der Waals surface area contributed by atoms with Gasteiger partial charge < -0.3 is 14.8 Å². The fourth-order valence-corrected chi connectivity index (χ4v) is 7.04. The van der Waals surface area contributed by atoms with Gasteiger partial charge in [-0.2, -0.15) is 0 Å². The summed E-state index contributed by atoms with van der Waals surface area (Å²) < 4.78 is 14.3. The van der Waals surface area contributed by atoms with Crippen LogP contribution in [0.1, 0.15) is 53.3 Å². The second-order valence-electron chi connectivity index (χ2n) is 10.2. The molecule has 1 saturated carbocycles. The zero-order chi connectivity index (χ0) is 23.9. The molecule has 4 atom stereocenters. The average molecular weight is 532 g/mol. The van der Waals surface area contributed by atoms with E-state index in [0.717, 1.165) is 45.6 Å². The number of hydrogen-bond acceptors (Lipinski definition) is 4. The Morgan fingerprint density at radius 2 is 2.00 bits per heavy atom. The SMILES string of the molecule is Cc1cccc(N2C(=O)NC3c4ncc(Br)cc4OC24CCC2(CC34)OCc3ccccc32)c1C. The Labute approximate surface area is 212 Å². The van der Waals surface area contributed by atoms with Crippen molar-refractivity contribution in [1.29, 1.82) is 0 Å². The monoisotopic (exact) mass is 531 g/mol. The van der Waals surface area contributed by atoms with E-state index in [1.54, 1.807) is 6.20 Å². The number of hydrogen-bond donors (Lipinski definition) is 1. The lowest BCUT2D eigenvalue weighted by Crippen LogP contribution is -2.74. The fourth-order valence-electron chi connectivity index (χ4n) is 6.73. The fraction of sp³-hybridized carbons (Fsp3) is 0.357. The first-order valence-corrected chi connectivity index (χ1v) is 12.9. The van der Waals surface area contributed by atoms with Gasteiger partial charge in [-0.05, 0) is 77.0 Å². The molecule has 35 heavy (non-hydrogen) atoms. The van der Waals surface area contributed by atoms with E-state index in [9.17, 15) is 4.79 Å². The number of pyridine rings is 1. The number of carbonyl (C=O) groups is 1. The molecular weight excluding hydrogens is 506 g/mol. The predicted molar refractivity (Wildman–Crippen MR) is 135 cm³/mol. The molecule has 1 N–H and O–H groups in total. The third-order valence-electron chi connectivity index (χ3n) is 8.54. The number of nitrogens with one attached hydrogen (secondary N) is 1. The summed E-state index contributed by atoms with van der Waals surface area (Å²) in [6, 6.07) is 16.2. The molecule has 1 aromatic heterocycles. The molecule has 2 fully saturated rings. The van der Waals surface area contributed by atoms with Gasteiger partial charge in [0.25, 0.3) is 0 Å². The van der Waals surface area contributed by atoms with Crippen LogP contribution < -0.4 is 15.0 Å². The molecule has 1 spiro atoms. The summed E-state index contributed by atoms with van der Waals surface area (Å²) in [5, 5.41) is 3.32. The summed E-state index contributed by atoms with van der Waals surface area (Å²) >= 11 is 3.55. The topological polar surface area (TPSA) is 63.7 Å². The van der Waals surface area contributed by atoms with Crippen LogP contribution in [0.25, 0.3) is 0 Å². The Morgan fingerprint density at radius 3 is 2.89 bits per heavy atom. The van der Waals surface area contributed by atoms with Gasteiger partial charge >= 0.3 is 6.03 Å². The van der Waals surface area contributed by atoms with Gasteiger partial charge in [0.1, 0.15) is 11.4 Å². The van der Waals surface area contributed by atoms with Crippen LogP contribution in [0.2, 0.25) is 0 Å². The molecule has 3 aromatic rings. The number of rotatable bonds is 1. The molecule has 1 aliphatic carbocycles. The van der Waals surface area contributed by atoms with Gasteiger partial charge in [0.2, 0.25) is 0 Å². The lowest BCUT2D eigenvalue weighted by molar-refractivity contribution is -0.154. The van der Waals surface area contributed by atoms with Crippen molar-refractivity contribution in [2.45, 2.75) is 57.1 Å². The van der Waals surface area contributed by atoms with E-state index < -0.39 is 5.72 Å². The number of benzene rings is 2. The molecule has 4 unspecified atom stereocenters. The molecular formula is C28H26BrN3O3. The molecule has 2 aromatic carbocycles. The first kappa shape index (κ1) is 21.4. The van der Waals surface area contributed by atoms with Crippen LogP contribution >= 0.6 is 15.9 Å². The van der Waals surface area contributed by atoms with Crippen molar-refractivity contribution in [2.24, 2.45) is 5.92 Å². The van der Waals surface area contributed by atoms with Crippen molar-refractivity contribution < 1.29 is 14.3 Å². The summed E-state index contributed by atoms with van der Waals surface area (Å²) in [7, 11) is 0.